The quantitative estimate of drug-likeness (QED) is 0.379. The highest BCUT2D eigenvalue weighted by molar-refractivity contribution is 6.12. The molecule has 0 unspecified atom stereocenters. The minimum absolute atomic E-state index is 0.0625. The molecule has 0 N–H and O–H groups in total. The fourth-order valence-corrected chi connectivity index (χ4v) is 3.27. The van der Waals surface area contributed by atoms with Crippen molar-refractivity contribution >= 4 is 22.5 Å². The number of fused-ring (bicyclic) bond motifs is 1. The van der Waals surface area contributed by atoms with Gasteiger partial charge in [-0.3, -0.25) is 9.59 Å². The molecule has 0 saturated carbocycles. The molecule has 0 radical (unpaired) electrons. The molecule has 0 saturated heterocycles. The largest absolute Gasteiger partial charge is 0.493 e. The summed E-state index contributed by atoms with van der Waals surface area (Å²) < 4.78 is 22.1. The Bertz CT molecular complexity index is 1240. The summed E-state index contributed by atoms with van der Waals surface area (Å²) >= 11 is 0. The smallest absolute Gasteiger partial charge is 0.232 e. The van der Waals surface area contributed by atoms with Gasteiger partial charge in [0.25, 0.3) is 0 Å². The highest BCUT2D eigenvalue weighted by Gasteiger charge is 2.24. The number of methoxy groups -OCH3 is 2. The molecule has 31 heavy (non-hydrogen) atoms. The van der Waals surface area contributed by atoms with E-state index in [4.69, 9.17) is 18.6 Å². The van der Waals surface area contributed by atoms with E-state index in [0.717, 1.165) is 0 Å². The van der Waals surface area contributed by atoms with Crippen LogP contribution in [0.2, 0.25) is 0 Å². The van der Waals surface area contributed by atoms with Gasteiger partial charge in [0.05, 0.1) is 19.6 Å². The van der Waals surface area contributed by atoms with Gasteiger partial charge in [0.15, 0.2) is 29.6 Å². The summed E-state index contributed by atoms with van der Waals surface area (Å²) in [6.07, 6.45) is 0. The summed E-state index contributed by atoms with van der Waals surface area (Å²) in [5.74, 6) is 0.694. The number of carbonyl (C=O) groups is 2. The van der Waals surface area contributed by atoms with Crippen molar-refractivity contribution in [3.63, 3.8) is 0 Å². The van der Waals surface area contributed by atoms with Crippen LogP contribution >= 0.6 is 0 Å². The van der Waals surface area contributed by atoms with Crippen molar-refractivity contribution in [2.24, 2.45) is 0 Å². The fourth-order valence-electron chi connectivity index (χ4n) is 3.27. The third kappa shape index (κ3) is 4.00. The number of rotatable bonds is 8. The Morgan fingerprint density at radius 2 is 1.52 bits per heavy atom. The molecule has 0 aliphatic heterocycles. The highest BCUT2D eigenvalue weighted by atomic mass is 16.5. The zero-order chi connectivity index (χ0) is 21.8. The number of Topliss-reactive ketones (excluding diaryl/α,β-unsaturated/α-hetero) is 1. The number of hydrogen-bond acceptors (Lipinski definition) is 6. The van der Waals surface area contributed by atoms with Crippen LogP contribution in [0.3, 0.4) is 0 Å². The third-order valence-corrected chi connectivity index (χ3v) is 4.85. The second-order valence-electron chi connectivity index (χ2n) is 6.73. The van der Waals surface area contributed by atoms with Crippen molar-refractivity contribution in [1.29, 1.82) is 0 Å². The van der Waals surface area contributed by atoms with Gasteiger partial charge in [0.2, 0.25) is 11.5 Å². The maximum Gasteiger partial charge on any atom is 0.232 e. The van der Waals surface area contributed by atoms with Crippen LogP contribution in [0.25, 0.3) is 11.0 Å². The lowest BCUT2D eigenvalue weighted by atomic mass is 10.1. The molecule has 1 heterocycles. The molecule has 1 aromatic heterocycles. The Kier molecular flexibility index (Phi) is 5.71. The van der Waals surface area contributed by atoms with Crippen LogP contribution in [0.1, 0.15) is 26.5 Å². The van der Waals surface area contributed by atoms with Gasteiger partial charge >= 0.3 is 0 Å². The van der Waals surface area contributed by atoms with Gasteiger partial charge < -0.3 is 18.6 Å². The normalized spacial score (nSPS) is 10.6. The number of para-hydroxylation sites is 1. The lowest BCUT2D eigenvalue weighted by Gasteiger charge is -2.10. The Labute approximate surface area is 179 Å². The first kappa shape index (κ1) is 20.2. The highest BCUT2D eigenvalue weighted by Crippen LogP contribution is 2.35. The number of benzene rings is 3. The Morgan fingerprint density at radius 3 is 2.26 bits per heavy atom. The first-order valence-corrected chi connectivity index (χ1v) is 9.61. The fraction of sp³-hybridized carbons (Fsp3) is 0.120. The van der Waals surface area contributed by atoms with Gasteiger partial charge in [-0.05, 0) is 30.3 Å². The summed E-state index contributed by atoms with van der Waals surface area (Å²) in [5, 5.41) is 0.627. The van der Waals surface area contributed by atoms with Crippen LogP contribution < -0.4 is 14.2 Å². The number of ketones is 2. The molecule has 3 aromatic carbocycles. The molecule has 4 aromatic rings. The van der Waals surface area contributed by atoms with E-state index in [1.54, 1.807) is 60.7 Å². The molecule has 0 spiro atoms. The molecule has 6 nitrogen and oxygen atoms in total. The van der Waals surface area contributed by atoms with Crippen molar-refractivity contribution in [1.82, 2.24) is 0 Å². The number of furan rings is 1. The van der Waals surface area contributed by atoms with Gasteiger partial charge in [-0.2, -0.15) is 0 Å². The number of ether oxygens (including phenoxy) is 3. The van der Waals surface area contributed by atoms with Crippen molar-refractivity contribution in [3.8, 4) is 17.2 Å². The number of carbonyl (C=O) groups excluding carboxylic acids is 2. The standard InChI is InChI=1S/C25H20O6/c1-28-21-13-12-17(14-22(21)29-2)19(26)15-30-24-18-10-6-7-11-20(18)31-25(24)23(27)16-8-4-3-5-9-16/h3-14H,15H2,1-2H3. The Morgan fingerprint density at radius 1 is 0.806 bits per heavy atom. The average molecular weight is 416 g/mol. The van der Waals surface area contributed by atoms with Crippen LogP contribution in [0.4, 0.5) is 0 Å². The molecule has 0 amide bonds. The van der Waals surface area contributed by atoms with E-state index in [1.807, 2.05) is 12.1 Å². The van der Waals surface area contributed by atoms with E-state index < -0.39 is 0 Å². The van der Waals surface area contributed by atoms with Crippen LogP contribution in [0.5, 0.6) is 17.2 Å². The molecule has 6 heteroatoms. The summed E-state index contributed by atoms with van der Waals surface area (Å²) in [7, 11) is 3.03. The van der Waals surface area contributed by atoms with E-state index in [2.05, 4.69) is 0 Å². The topological polar surface area (TPSA) is 75.0 Å². The molecule has 0 atom stereocenters. The maximum atomic E-state index is 13.0. The molecular formula is C25H20O6. The van der Waals surface area contributed by atoms with Gasteiger partial charge in [-0.15, -0.1) is 0 Å². The summed E-state index contributed by atoms with van der Waals surface area (Å²) in [6, 6.07) is 20.8. The van der Waals surface area contributed by atoms with Crippen LogP contribution in [0, 0.1) is 0 Å². The van der Waals surface area contributed by atoms with E-state index in [1.165, 1.54) is 14.2 Å². The predicted molar refractivity (Wildman–Crippen MR) is 115 cm³/mol. The van der Waals surface area contributed by atoms with Crippen molar-refractivity contribution in [2.45, 2.75) is 0 Å². The third-order valence-electron chi connectivity index (χ3n) is 4.85. The zero-order valence-electron chi connectivity index (χ0n) is 17.1. The molecule has 0 bridgehead atoms. The van der Waals surface area contributed by atoms with Gasteiger partial charge in [0, 0.05) is 11.1 Å². The molecule has 156 valence electrons. The Balaban J connectivity index is 1.64. The summed E-state index contributed by atoms with van der Waals surface area (Å²) in [4.78, 5) is 25.8. The van der Waals surface area contributed by atoms with Crippen molar-refractivity contribution in [2.75, 3.05) is 20.8 Å². The van der Waals surface area contributed by atoms with Crippen molar-refractivity contribution in [3.05, 3.63) is 89.7 Å². The predicted octanol–water partition coefficient (Wildman–Crippen LogP) is 4.94. The minimum Gasteiger partial charge on any atom is -0.493 e. The van der Waals surface area contributed by atoms with Gasteiger partial charge in [-0.1, -0.05) is 42.5 Å². The first-order chi connectivity index (χ1) is 15.1. The second-order valence-corrected chi connectivity index (χ2v) is 6.73. The SMILES string of the molecule is COc1ccc(C(=O)COc2c(C(=O)c3ccccc3)oc3ccccc23)cc1OC. The van der Waals surface area contributed by atoms with Crippen LogP contribution in [-0.2, 0) is 0 Å². The molecule has 0 fully saturated rings. The lowest BCUT2D eigenvalue weighted by molar-refractivity contribution is 0.0912. The molecule has 4 rings (SSSR count). The Hall–Kier alpha value is -4.06. The van der Waals surface area contributed by atoms with Crippen LogP contribution in [0.15, 0.2) is 77.2 Å². The summed E-state index contributed by atoms with van der Waals surface area (Å²) in [5.41, 5.74) is 1.38. The molecular weight excluding hydrogens is 396 g/mol. The minimum atomic E-state index is -0.314. The monoisotopic (exact) mass is 416 g/mol. The molecule has 0 aliphatic rings. The average Bonchev–Trinajstić information content (AvgIpc) is 3.20. The van der Waals surface area contributed by atoms with Gasteiger partial charge in [-0.25, -0.2) is 0 Å². The number of hydrogen-bond donors (Lipinski definition) is 0. The maximum absolute atomic E-state index is 13.0. The first-order valence-electron chi connectivity index (χ1n) is 9.61. The summed E-state index contributed by atoms with van der Waals surface area (Å²) in [6.45, 7) is -0.270. The molecule has 0 aliphatic carbocycles. The lowest BCUT2D eigenvalue weighted by Crippen LogP contribution is -2.13. The second kappa shape index (κ2) is 8.75. The van der Waals surface area contributed by atoms with Crippen molar-refractivity contribution < 1.29 is 28.2 Å². The van der Waals surface area contributed by atoms with E-state index >= 15 is 0 Å². The zero-order valence-corrected chi connectivity index (χ0v) is 17.1. The van der Waals surface area contributed by atoms with Gasteiger partial charge in [0.1, 0.15) is 5.58 Å². The van der Waals surface area contributed by atoms with E-state index in [-0.39, 0.29) is 29.7 Å². The van der Waals surface area contributed by atoms with E-state index in [0.29, 0.717) is 33.6 Å². The van der Waals surface area contributed by atoms with E-state index in [9.17, 15) is 9.59 Å². The van der Waals surface area contributed by atoms with Crippen LogP contribution in [-0.4, -0.2) is 32.4 Å².